The van der Waals surface area contributed by atoms with Crippen LogP contribution < -0.4 is 10.1 Å². The number of anilines is 1. The molecule has 0 unspecified atom stereocenters. The maximum absolute atomic E-state index is 13.3. The number of hydrogen-bond acceptors (Lipinski definition) is 5. The summed E-state index contributed by atoms with van der Waals surface area (Å²) < 4.78 is 20.0. The van der Waals surface area contributed by atoms with Crippen LogP contribution in [0.3, 0.4) is 0 Å². The molecule has 7 nitrogen and oxygen atoms in total. The normalized spacial score (nSPS) is 10.6. The van der Waals surface area contributed by atoms with Gasteiger partial charge in [-0.1, -0.05) is 0 Å². The molecule has 3 aromatic rings. The molecule has 0 bridgehead atoms. The average molecular weight is 341 g/mol. The molecular formula is C17H16FN5O2. The first-order chi connectivity index (χ1) is 12.0. The standard InChI is InChI=1S/C17H16FN5O2/c1-10-11(2)23(9-20-10)13-6-4-12(5-7-13)21-16(24)15-19-8-14(18)17(22-15)25-3/h4-9H,1-3H3,(H,21,24). The van der Waals surface area contributed by atoms with E-state index in [1.165, 1.54) is 7.11 Å². The molecule has 0 aliphatic heterocycles. The minimum atomic E-state index is -0.727. The van der Waals surface area contributed by atoms with Crippen LogP contribution in [0, 0.1) is 19.7 Å². The van der Waals surface area contributed by atoms with Crippen molar-refractivity contribution in [2.24, 2.45) is 0 Å². The van der Waals surface area contributed by atoms with Crippen LogP contribution in [0.1, 0.15) is 22.0 Å². The van der Waals surface area contributed by atoms with Gasteiger partial charge in [0.25, 0.3) is 11.8 Å². The van der Waals surface area contributed by atoms with Crippen LogP contribution in [-0.2, 0) is 0 Å². The van der Waals surface area contributed by atoms with Crippen LogP contribution in [0.15, 0.2) is 36.8 Å². The van der Waals surface area contributed by atoms with Crippen molar-refractivity contribution in [1.82, 2.24) is 19.5 Å². The number of aryl methyl sites for hydroxylation is 1. The second-order valence-electron chi connectivity index (χ2n) is 5.34. The number of carbonyl (C=O) groups is 1. The van der Waals surface area contributed by atoms with Gasteiger partial charge in [-0.15, -0.1) is 0 Å². The number of aromatic nitrogens is 4. The maximum Gasteiger partial charge on any atom is 0.293 e. The van der Waals surface area contributed by atoms with E-state index in [4.69, 9.17) is 4.74 Å². The highest BCUT2D eigenvalue weighted by Gasteiger charge is 2.14. The van der Waals surface area contributed by atoms with Gasteiger partial charge in [0.1, 0.15) is 0 Å². The number of rotatable bonds is 4. The Kier molecular flexibility index (Phi) is 4.42. The third-order valence-corrected chi connectivity index (χ3v) is 3.76. The minimum absolute atomic E-state index is 0.177. The molecule has 128 valence electrons. The Bertz CT molecular complexity index is 921. The summed E-state index contributed by atoms with van der Waals surface area (Å²) >= 11 is 0. The van der Waals surface area contributed by atoms with E-state index in [0.29, 0.717) is 5.69 Å². The van der Waals surface area contributed by atoms with Gasteiger partial charge in [0, 0.05) is 17.1 Å². The molecule has 0 radical (unpaired) electrons. The summed E-state index contributed by atoms with van der Waals surface area (Å²) in [6.07, 6.45) is 2.64. The van der Waals surface area contributed by atoms with Crippen molar-refractivity contribution in [2.45, 2.75) is 13.8 Å². The summed E-state index contributed by atoms with van der Waals surface area (Å²) in [5, 5.41) is 2.66. The Morgan fingerprint density at radius 2 is 1.92 bits per heavy atom. The molecule has 3 rings (SSSR count). The smallest absolute Gasteiger partial charge is 0.293 e. The fraction of sp³-hybridized carbons (Fsp3) is 0.176. The average Bonchev–Trinajstić information content (AvgIpc) is 2.95. The fourth-order valence-corrected chi connectivity index (χ4v) is 2.26. The van der Waals surface area contributed by atoms with E-state index in [-0.39, 0.29) is 11.7 Å². The molecule has 8 heteroatoms. The number of imidazole rings is 1. The Labute approximate surface area is 143 Å². The number of hydrogen-bond donors (Lipinski definition) is 1. The van der Waals surface area contributed by atoms with Crippen LogP contribution in [0.4, 0.5) is 10.1 Å². The van der Waals surface area contributed by atoms with Crippen LogP contribution in [0.2, 0.25) is 0 Å². The van der Waals surface area contributed by atoms with Gasteiger partial charge in [-0.25, -0.2) is 9.97 Å². The largest absolute Gasteiger partial charge is 0.479 e. The summed E-state index contributed by atoms with van der Waals surface area (Å²) in [5.41, 5.74) is 3.49. The Morgan fingerprint density at radius 3 is 2.52 bits per heavy atom. The summed E-state index contributed by atoms with van der Waals surface area (Å²) in [4.78, 5) is 23.8. The van der Waals surface area contributed by atoms with Gasteiger partial charge in [0.15, 0.2) is 0 Å². The van der Waals surface area contributed by atoms with Gasteiger partial charge >= 0.3 is 0 Å². The molecule has 25 heavy (non-hydrogen) atoms. The van der Waals surface area contributed by atoms with Gasteiger partial charge in [-0.3, -0.25) is 4.79 Å². The quantitative estimate of drug-likeness (QED) is 0.789. The zero-order valence-corrected chi connectivity index (χ0v) is 13.9. The monoisotopic (exact) mass is 341 g/mol. The molecule has 1 N–H and O–H groups in total. The zero-order chi connectivity index (χ0) is 18.0. The van der Waals surface area contributed by atoms with E-state index in [0.717, 1.165) is 23.3 Å². The molecule has 2 heterocycles. The number of halogens is 1. The topological polar surface area (TPSA) is 81.9 Å². The lowest BCUT2D eigenvalue weighted by Gasteiger charge is -2.08. The van der Waals surface area contributed by atoms with Gasteiger partial charge in [0.2, 0.25) is 11.6 Å². The van der Waals surface area contributed by atoms with Gasteiger partial charge in [-0.05, 0) is 38.1 Å². The maximum atomic E-state index is 13.3. The van der Waals surface area contributed by atoms with Crippen LogP contribution in [-0.4, -0.2) is 32.5 Å². The van der Waals surface area contributed by atoms with Crippen LogP contribution >= 0.6 is 0 Å². The summed E-state index contributed by atoms with van der Waals surface area (Å²) in [6, 6.07) is 7.22. The van der Waals surface area contributed by atoms with Gasteiger partial charge in [-0.2, -0.15) is 9.37 Å². The highest BCUT2D eigenvalue weighted by molar-refractivity contribution is 6.01. The van der Waals surface area contributed by atoms with Crippen molar-refractivity contribution >= 4 is 11.6 Å². The Morgan fingerprint density at radius 1 is 1.20 bits per heavy atom. The first kappa shape index (κ1) is 16.6. The molecular weight excluding hydrogens is 325 g/mol. The highest BCUT2D eigenvalue weighted by Crippen LogP contribution is 2.17. The SMILES string of the molecule is COc1nc(C(=O)Nc2ccc(-n3cnc(C)c3C)cc2)ncc1F. The number of ether oxygens (including phenoxy) is 1. The molecule has 0 aliphatic rings. The fourth-order valence-electron chi connectivity index (χ4n) is 2.26. The highest BCUT2D eigenvalue weighted by atomic mass is 19.1. The Hall–Kier alpha value is -3.29. The minimum Gasteiger partial charge on any atom is -0.479 e. The number of amides is 1. The molecule has 1 aromatic carbocycles. The van der Waals surface area contributed by atoms with Crippen molar-refractivity contribution in [1.29, 1.82) is 0 Å². The van der Waals surface area contributed by atoms with Gasteiger partial charge < -0.3 is 14.6 Å². The van der Waals surface area contributed by atoms with E-state index in [9.17, 15) is 9.18 Å². The summed E-state index contributed by atoms with van der Waals surface area (Å²) in [6.45, 7) is 3.93. The molecule has 0 saturated carbocycles. The number of carbonyl (C=O) groups excluding carboxylic acids is 1. The molecule has 0 spiro atoms. The molecule has 0 atom stereocenters. The lowest BCUT2D eigenvalue weighted by atomic mass is 10.2. The molecule has 0 fully saturated rings. The first-order valence-electron chi connectivity index (χ1n) is 7.48. The number of nitrogens with one attached hydrogen (secondary N) is 1. The van der Waals surface area contributed by atoms with Gasteiger partial charge in [0.05, 0.1) is 25.3 Å². The lowest BCUT2D eigenvalue weighted by molar-refractivity contribution is 0.101. The molecule has 1 amide bonds. The van der Waals surface area contributed by atoms with Crippen molar-refractivity contribution < 1.29 is 13.9 Å². The van der Waals surface area contributed by atoms with E-state index >= 15 is 0 Å². The van der Waals surface area contributed by atoms with Crippen molar-refractivity contribution in [3.8, 4) is 11.6 Å². The summed E-state index contributed by atoms with van der Waals surface area (Å²) in [5.74, 6) is -1.74. The lowest BCUT2D eigenvalue weighted by Crippen LogP contribution is -2.16. The number of methoxy groups -OCH3 is 1. The van der Waals surface area contributed by atoms with E-state index < -0.39 is 11.7 Å². The van der Waals surface area contributed by atoms with Crippen LogP contribution in [0.25, 0.3) is 5.69 Å². The third-order valence-electron chi connectivity index (χ3n) is 3.76. The molecule has 0 saturated heterocycles. The van der Waals surface area contributed by atoms with Crippen LogP contribution in [0.5, 0.6) is 5.88 Å². The first-order valence-corrected chi connectivity index (χ1v) is 7.48. The van der Waals surface area contributed by atoms with Crippen molar-refractivity contribution in [2.75, 3.05) is 12.4 Å². The number of benzene rings is 1. The van der Waals surface area contributed by atoms with E-state index in [1.807, 2.05) is 30.5 Å². The predicted octanol–water partition coefficient (Wildman–Crippen LogP) is 2.68. The third kappa shape index (κ3) is 3.32. The molecule has 2 aromatic heterocycles. The second-order valence-corrected chi connectivity index (χ2v) is 5.34. The summed E-state index contributed by atoms with van der Waals surface area (Å²) in [7, 11) is 1.27. The Balaban J connectivity index is 1.77. The molecule has 0 aliphatic carbocycles. The van der Waals surface area contributed by atoms with Crippen molar-refractivity contribution in [3.63, 3.8) is 0 Å². The zero-order valence-electron chi connectivity index (χ0n) is 13.9. The van der Waals surface area contributed by atoms with Crippen molar-refractivity contribution in [3.05, 3.63) is 59.8 Å². The van der Waals surface area contributed by atoms with E-state index in [1.54, 1.807) is 18.5 Å². The van der Waals surface area contributed by atoms with E-state index in [2.05, 4.69) is 20.3 Å². The predicted molar refractivity (Wildman–Crippen MR) is 89.5 cm³/mol. The number of nitrogens with zero attached hydrogens (tertiary/aromatic N) is 4. The second kappa shape index (κ2) is 6.68.